The molecule has 0 fully saturated rings. The smallest absolute Gasteiger partial charge is 0.316 e. The fourth-order valence-electron chi connectivity index (χ4n) is 3.91. The average molecular weight is 493 g/mol. The molecule has 182 valence electrons. The first kappa shape index (κ1) is 24.9. The van der Waals surface area contributed by atoms with Gasteiger partial charge in [0.2, 0.25) is 11.8 Å². The molecule has 2 N–H and O–H groups in total. The molecule has 0 aliphatic heterocycles. The average Bonchev–Trinajstić information content (AvgIpc) is 3.34. The summed E-state index contributed by atoms with van der Waals surface area (Å²) in [6, 6.07) is 18.1. The van der Waals surface area contributed by atoms with Crippen LogP contribution < -0.4 is 5.32 Å². The number of pyridine rings is 1. The van der Waals surface area contributed by atoms with E-state index in [1.807, 2.05) is 48.5 Å². The maximum atomic E-state index is 10.6. The predicted octanol–water partition coefficient (Wildman–Crippen LogP) is 5.50. The van der Waals surface area contributed by atoms with Crippen molar-refractivity contribution < 1.29 is 18.4 Å². The van der Waals surface area contributed by atoms with Gasteiger partial charge in [-0.3, -0.25) is 9.55 Å². The number of hydrogen-bond donors (Lipinski definition) is 2. The number of nitrogens with one attached hydrogen (secondary N) is 1. The van der Waals surface area contributed by atoms with Gasteiger partial charge in [-0.2, -0.15) is 0 Å². The molecule has 0 radical (unpaired) electrons. The van der Waals surface area contributed by atoms with Crippen molar-refractivity contribution in [3.8, 4) is 11.5 Å². The highest BCUT2D eigenvalue weighted by atomic mass is 31.1. The number of nitrogens with zero attached hydrogens (tertiary/aromatic N) is 3. The topological polar surface area (TPSA) is 110 Å². The second kappa shape index (κ2) is 12.5. The molecule has 0 saturated heterocycles. The van der Waals surface area contributed by atoms with Crippen LogP contribution in [-0.2, 0) is 15.6 Å². The summed E-state index contributed by atoms with van der Waals surface area (Å²) >= 11 is 0. The summed E-state index contributed by atoms with van der Waals surface area (Å²) in [7, 11) is -2.87. The zero-order valence-corrected chi connectivity index (χ0v) is 20.6. The number of allylic oxidation sites excluding steroid dienone is 1. The number of fused-ring (bicyclic) bond motifs is 1. The lowest BCUT2D eigenvalue weighted by Gasteiger charge is -2.10. The molecule has 4 aromatic rings. The second-order valence-electron chi connectivity index (χ2n) is 8.05. The number of benzene rings is 2. The molecular formula is C26H29N4O4P. The Morgan fingerprint density at radius 1 is 1.14 bits per heavy atom. The van der Waals surface area contributed by atoms with E-state index in [-0.39, 0.29) is 6.61 Å². The normalized spacial score (nSPS) is 12.8. The number of aromatic nitrogens is 3. The minimum absolute atomic E-state index is 0.247. The Balaban J connectivity index is 1.54. The van der Waals surface area contributed by atoms with Gasteiger partial charge >= 0.3 is 8.25 Å². The standard InChI is InChI=1S/C26H29N4O4P/c1-2-8-20(19-9-4-3-5-10-19)17-24-29-30-26(34-24)23-13-12-21(25-22(23)11-6-15-28-25)18-27-14-7-16-33-35(31)32/h3-6,9-13,15,17,27,35H,2,7-8,14,16,18H2,1H3,(H,31,32)/b20-17+. The Kier molecular flexibility index (Phi) is 8.92. The molecule has 0 aliphatic rings. The first-order valence-electron chi connectivity index (χ1n) is 11.7. The molecule has 4 rings (SSSR count). The van der Waals surface area contributed by atoms with Gasteiger partial charge in [-0.15, -0.1) is 10.2 Å². The molecule has 0 saturated carbocycles. The molecule has 1 atom stereocenters. The Labute approximate surface area is 205 Å². The summed E-state index contributed by atoms with van der Waals surface area (Å²) in [5, 5.41) is 12.9. The van der Waals surface area contributed by atoms with E-state index in [0.29, 0.717) is 31.3 Å². The van der Waals surface area contributed by atoms with E-state index in [0.717, 1.165) is 46.0 Å². The fraction of sp³-hybridized carbons (Fsp3) is 0.269. The zero-order chi connectivity index (χ0) is 24.5. The Morgan fingerprint density at radius 3 is 2.80 bits per heavy atom. The van der Waals surface area contributed by atoms with Crippen LogP contribution in [0.4, 0.5) is 0 Å². The highest BCUT2D eigenvalue weighted by Crippen LogP contribution is 2.30. The van der Waals surface area contributed by atoms with Crippen LogP contribution in [0.1, 0.15) is 43.2 Å². The zero-order valence-electron chi connectivity index (χ0n) is 19.6. The van der Waals surface area contributed by atoms with Gasteiger partial charge in [-0.25, -0.2) is 0 Å². The van der Waals surface area contributed by atoms with Crippen LogP contribution in [0, 0.1) is 0 Å². The van der Waals surface area contributed by atoms with Gasteiger partial charge in [0, 0.05) is 29.8 Å². The number of hydrogen-bond acceptors (Lipinski definition) is 7. The molecule has 9 heteroatoms. The highest BCUT2D eigenvalue weighted by molar-refractivity contribution is 7.32. The van der Waals surface area contributed by atoms with Gasteiger partial charge in [0.25, 0.3) is 0 Å². The van der Waals surface area contributed by atoms with Crippen LogP contribution in [0.5, 0.6) is 0 Å². The lowest BCUT2D eigenvalue weighted by molar-refractivity contribution is 0.276. The van der Waals surface area contributed by atoms with Crippen molar-refractivity contribution in [3.63, 3.8) is 0 Å². The lowest BCUT2D eigenvalue weighted by Crippen LogP contribution is -2.16. The van der Waals surface area contributed by atoms with Crippen LogP contribution in [0.3, 0.4) is 0 Å². The van der Waals surface area contributed by atoms with Gasteiger partial charge < -0.3 is 19.2 Å². The third kappa shape index (κ3) is 6.71. The Bertz CT molecular complexity index is 1310. The van der Waals surface area contributed by atoms with Crippen LogP contribution in [0.2, 0.25) is 0 Å². The van der Waals surface area contributed by atoms with E-state index in [1.165, 1.54) is 0 Å². The quantitative estimate of drug-likeness (QED) is 0.197. The molecule has 2 aromatic heterocycles. The molecule has 1 unspecified atom stereocenters. The van der Waals surface area contributed by atoms with E-state index in [4.69, 9.17) is 13.8 Å². The van der Waals surface area contributed by atoms with Crippen LogP contribution >= 0.6 is 8.25 Å². The third-order valence-electron chi connectivity index (χ3n) is 5.52. The molecule has 0 spiro atoms. The summed E-state index contributed by atoms with van der Waals surface area (Å²) in [6.45, 7) is 3.67. The largest absolute Gasteiger partial charge is 0.417 e. The first-order chi connectivity index (χ1) is 17.2. The predicted molar refractivity (Wildman–Crippen MR) is 138 cm³/mol. The van der Waals surface area contributed by atoms with Crippen molar-refractivity contribution in [2.75, 3.05) is 13.2 Å². The van der Waals surface area contributed by atoms with Crippen molar-refractivity contribution in [2.24, 2.45) is 0 Å². The minimum atomic E-state index is -2.87. The van der Waals surface area contributed by atoms with Gasteiger partial charge in [0.1, 0.15) is 0 Å². The molecule has 0 amide bonds. The summed E-state index contributed by atoms with van der Waals surface area (Å²) < 4.78 is 21.4. The molecule has 0 bridgehead atoms. The van der Waals surface area contributed by atoms with Crippen molar-refractivity contribution in [2.45, 2.75) is 32.7 Å². The van der Waals surface area contributed by atoms with Gasteiger partial charge in [-0.05, 0) is 48.2 Å². The van der Waals surface area contributed by atoms with Crippen LogP contribution in [0.25, 0.3) is 34.0 Å². The number of rotatable bonds is 12. The Hall–Kier alpha value is -3.16. The maximum absolute atomic E-state index is 10.6. The molecule has 2 aromatic carbocycles. The van der Waals surface area contributed by atoms with E-state index in [9.17, 15) is 4.57 Å². The Morgan fingerprint density at radius 2 is 2.00 bits per heavy atom. The maximum Gasteiger partial charge on any atom is 0.316 e. The first-order valence-corrected chi connectivity index (χ1v) is 12.9. The van der Waals surface area contributed by atoms with Crippen molar-refractivity contribution >= 4 is 30.8 Å². The van der Waals surface area contributed by atoms with Crippen LogP contribution in [0.15, 0.2) is 65.2 Å². The van der Waals surface area contributed by atoms with E-state index in [2.05, 4.69) is 39.6 Å². The summed E-state index contributed by atoms with van der Waals surface area (Å²) in [6.07, 6.45) is 6.30. The molecule has 8 nitrogen and oxygen atoms in total. The van der Waals surface area contributed by atoms with E-state index >= 15 is 0 Å². The minimum Gasteiger partial charge on any atom is -0.417 e. The van der Waals surface area contributed by atoms with Gasteiger partial charge in [0.05, 0.1) is 12.1 Å². The van der Waals surface area contributed by atoms with Gasteiger partial charge in [-0.1, -0.05) is 55.8 Å². The summed E-state index contributed by atoms with van der Waals surface area (Å²) in [5.41, 5.74) is 5.05. The van der Waals surface area contributed by atoms with Crippen molar-refractivity contribution in [3.05, 3.63) is 77.8 Å². The third-order valence-corrected chi connectivity index (χ3v) is 5.98. The SMILES string of the molecule is CCC/C(=C\c1nnc(-c2ccc(CNCCCO[PH](=O)O)c3ncccc23)o1)c1ccccc1. The molecule has 0 aliphatic carbocycles. The summed E-state index contributed by atoms with van der Waals surface area (Å²) in [5.74, 6) is 0.928. The van der Waals surface area contributed by atoms with Crippen LogP contribution in [-0.4, -0.2) is 33.2 Å². The lowest BCUT2D eigenvalue weighted by atomic mass is 10.0. The van der Waals surface area contributed by atoms with E-state index in [1.54, 1.807) is 6.20 Å². The van der Waals surface area contributed by atoms with E-state index < -0.39 is 8.25 Å². The monoisotopic (exact) mass is 492 g/mol. The van der Waals surface area contributed by atoms with Crippen molar-refractivity contribution in [1.29, 1.82) is 0 Å². The van der Waals surface area contributed by atoms with Crippen molar-refractivity contribution in [1.82, 2.24) is 20.5 Å². The molecule has 35 heavy (non-hydrogen) atoms. The second-order valence-corrected chi connectivity index (χ2v) is 8.87. The molecule has 2 heterocycles. The highest BCUT2D eigenvalue weighted by Gasteiger charge is 2.14. The van der Waals surface area contributed by atoms with Gasteiger partial charge in [0.15, 0.2) is 0 Å². The summed E-state index contributed by atoms with van der Waals surface area (Å²) in [4.78, 5) is 13.3. The fourth-order valence-corrected chi connectivity index (χ4v) is 4.23. The molecular weight excluding hydrogens is 463 g/mol.